The predicted octanol–water partition coefficient (Wildman–Crippen LogP) is 3.70. The van der Waals surface area contributed by atoms with Crippen LogP contribution in [0, 0.1) is 6.92 Å². The van der Waals surface area contributed by atoms with Gasteiger partial charge < -0.3 is 15.3 Å². The zero-order valence-corrected chi connectivity index (χ0v) is 15.4. The van der Waals surface area contributed by atoms with Crippen molar-refractivity contribution in [3.8, 4) is 11.5 Å². The second kappa shape index (κ2) is 7.55. The monoisotopic (exact) mass is 398 g/mol. The third-order valence-electron chi connectivity index (χ3n) is 3.85. The third kappa shape index (κ3) is 4.38. The van der Waals surface area contributed by atoms with E-state index in [1.54, 1.807) is 32.2 Å². The summed E-state index contributed by atoms with van der Waals surface area (Å²) in [6.07, 6.45) is -2.97. The van der Waals surface area contributed by atoms with Crippen molar-refractivity contribution >= 4 is 22.8 Å². The van der Waals surface area contributed by atoms with Crippen LogP contribution in [0.25, 0.3) is 11.0 Å². The number of hydrogen-bond donors (Lipinski definition) is 1. The minimum Gasteiger partial charge on any atom is -0.497 e. The van der Waals surface area contributed by atoms with Gasteiger partial charge in [-0.2, -0.15) is 13.2 Å². The van der Waals surface area contributed by atoms with Crippen molar-refractivity contribution in [2.24, 2.45) is 0 Å². The Morgan fingerprint density at radius 3 is 2.74 bits per heavy atom. The van der Waals surface area contributed by atoms with Crippen LogP contribution in [0.2, 0.25) is 0 Å². The van der Waals surface area contributed by atoms with Crippen LogP contribution in [-0.4, -0.2) is 34.5 Å². The van der Waals surface area contributed by atoms with E-state index in [2.05, 4.69) is 9.97 Å². The van der Waals surface area contributed by atoms with Gasteiger partial charge in [0.05, 0.1) is 23.8 Å². The number of ether oxygens (including phenoxy) is 2. The van der Waals surface area contributed by atoms with Gasteiger partial charge in [-0.25, -0.2) is 9.66 Å². The molecule has 2 heterocycles. The first-order chi connectivity index (χ1) is 12.8. The van der Waals surface area contributed by atoms with E-state index in [0.29, 0.717) is 33.4 Å². The summed E-state index contributed by atoms with van der Waals surface area (Å²) in [5.41, 5.74) is 2.58. The summed E-state index contributed by atoms with van der Waals surface area (Å²) >= 11 is 1.33. The SMILES string of the molecule is COc1ccc2c(c1)nc(SCc1nccc(OCC(F)(F)F)c1C)n2N. The molecule has 3 aromatic rings. The molecule has 2 N–H and O–H groups in total. The van der Waals surface area contributed by atoms with Crippen molar-refractivity contribution < 1.29 is 22.6 Å². The van der Waals surface area contributed by atoms with Crippen molar-refractivity contribution in [2.75, 3.05) is 19.6 Å². The molecule has 0 spiro atoms. The molecule has 3 rings (SSSR count). The van der Waals surface area contributed by atoms with E-state index >= 15 is 0 Å². The summed E-state index contributed by atoms with van der Waals surface area (Å²) in [6.45, 7) is 0.329. The average Bonchev–Trinajstić information content (AvgIpc) is 2.94. The second-order valence-electron chi connectivity index (χ2n) is 5.69. The molecule has 2 aromatic heterocycles. The number of methoxy groups -OCH3 is 1. The lowest BCUT2D eigenvalue weighted by atomic mass is 10.2. The number of benzene rings is 1. The quantitative estimate of drug-likeness (QED) is 0.504. The summed E-state index contributed by atoms with van der Waals surface area (Å²) in [5, 5.41) is 0.557. The summed E-state index contributed by atoms with van der Waals surface area (Å²) in [5.74, 6) is 7.29. The Bertz CT molecular complexity index is 959. The normalized spacial score (nSPS) is 11.7. The molecule has 0 unspecified atom stereocenters. The molecule has 0 fully saturated rings. The molecule has 0 atom stereocenters. The number of alkyl halides is 3. The van der Waals surface area contributed by atoms with Gasteiger partial charge in [-0.1, -0.05) is 11.8 Å². The van der Waals surface area contributed by atoms with Gasteiger partial charge in [0.15, 0.2) is 11.8 Å². The zero-order valence-electron chi connectivity index (χ0n) is 14.6. The van der Waals surface area contributed by atoms with E-state index in [1.165, 1.54) is 28.7 Å². The van der Waals surface area contributed by atoms with Gasteiger partial charge in [0.25, 0.3) is 0 Å². The van der Waals surface area contributed by atoms with Crippen molar-refractivity contribution in [3.63, 3.8) is 0 Å². The second-order valence-corrected chi connectivity index (χ2v) is 6.63. The Balaban J connectivity index is 1.77. The average molecular weight is 398 g/mol. The van der Waals surface area contributed by atoms with Gasteiger partial charge in [-0.05, 0) is 25.1 Å². The van der Waals surface area contributed by atoms with Crippen LogP contribution < -0.4 is 15.3 Å². The molecule has 0 bridgehead atoms. The van der Waals surface area contributed by atoms with Crippen LogP contribution in [0.15, 0.2) is 35.6 Å². The fourth-order valence-electron chi connectivity index (χ4n) is 2.44. The van der Waals surface area contributed by atoms with Gasteiger partial charge >= 0.3 is 6.18 Å². The maximum atomic E-state index is 12.4. The Labute approximate surface area is 157 Å². The molecule has 27 heavy (non-hydrogen) atoms. The zero-order chi connectivity index (χ0) is 19.6. The highest BCUT2D eigenvalue weighted by Gasteiger charge is 2.28. The number of thioether (sulfide) groups is 1. The molecule has 0 aliphatic heterocycles. The van der Waals surface area contributed by atoms with Gasteiger partial charge in [0.2, 0.25) is 0 Å². The first-order valence-electron chi connectivity index (χ1n) is 7.87. The van der Waals surface area contributed by atoms with Gasteiger partial charge in [0.1, 0.15) is 11.5 Å². The van der Waals surface area contributed by atoms with Gasteiger partial charge in [-0.15, -0.1) is 0 Å². The number of pyridine rings is 1. The van der Waals surface area contributed by atoms with Crippen LogP contribution in [-0.2, 0) is 5.75 Å². The highest BCUT2D eigenvalue weighted by molar-refractivity contribution is 7.98. The van der Waals surface area contributed by atoms with Crippen LogP contribution in [0.5, 0.6) is 11.5 Å². The third-order valence-corrected chi connectivity index (χ3v) is 4.82. The molecule has 0 saturated carbocycles. The van der Waals surface area contributed by atoms with E-state index in [9.17, 15) is 13.2 Å². The highest BCUT2D eigenvalue weighted by Crippen LogP contribution is 2.29. The van der Waals surface area contributed by atoms with Crippen LogP contribution >= 0.6 is 11.8 Å². The highest BCUT2D eigenvalue weighted by atomic mass is 32.2. The summed E-state index contributed by atoms with van der Waals surface area (Å²) in [6, 6.07) is 6.78. The first-order valence-corrected chi connectivity index (χ1v) is 8.85. The van der Waals surface area contributed by atoms with Crippen molar-refractivity contribution in [1.29, 1.82) is 0 Å². The Hall–Kier alpha value is -2.62. The summed E-state index contributed by atoms with van der Waals surface area (Å²) < 4.78 is 48.6. The number of rotatable bonds is 6. The van der Waals surface area contributed by atoms with E-state index < -0.39 is 12.8 Å². The van der Waals surface area contributed by atoms with Crippen LogP contribution in [0.1, 0.15) is 11.3 Å². The largest absolute Gasteiger partial charge is 0.497 e. The molecule has 0 radical (unpaired) electrons. The fraction of sp³-hybridized carbons (Fsp3) is 0.294. The maximum absolute atomic E-state index is 12.4. The molecule has 0 saturated heterocycles. The number of hydrogen-bond acceptors (Lipinski definition) is 6. The molecule has 6 nitrogen and oxygen atoms in total. The predicted molar refractivity (Wildman–Crippen MR) is 96.5 cm³/mol. The van der Waals surface area contributed by atoms with Gasteiger partial charge in [0, 0.05) is 23.6 Å². The van der Waals surface area contributed by atoms with Crippen LogP contribution in [0.3, 0.4) is 0 Å². The Kier molecular flexibility index (Phi) is 5.36. The van der Waals surface area contributed by atoms with Crippen LogP contribution in [0.4, 0.5) is 13.2 Å². The van der Waals surface area contributed by atoms with E-state index in [4.69, 9.17) is 15.3 Å². The summed E-state index contributed by atoms with van der Waals surface area (Å²) in [4.78, 5) is 8.70. The van der Waals surface area contributed by atoms with Crippen molar-refractivity contribution in [3.05, 3.63) is 41.7 Å². The Morgan fingerprint density at radius 2 is 2.04 bits per heavy atom. The molecule has 0 amide bonds. The number of nitrogens with zero attached hydrogens (tertiary/aromatic N) is 3. The number of nitrogen functional groups attached to an aromatic ring is 1. The molecule has 0 aliphatic carbocycles. The van der Waals surface area contributed by atoms with E-state index in [-0.39, 0.29) is 5.75 Å². The van der Waals surface area contributed by atoms with E-state index in [0.717, 1.165) is 5.52 Å². The lowest BCUT2D eigenvalue weighted by Gasteiger charge is -2.13. The number of fused-ring (bicyclic) bond motifs is 1. The van der Waals surface area contributed by atoms with Crippen molar-refractivity contribution in [1.82, 2.24) is 14.6 Å². The number of halogens is 3. The molecule has 1 aromatic carbocycles. The Morgan fingerprint density at radius 1 is 1.26 bits per heavy atom. The maximum Gasteiger partial charge on any atom is 0.422 e. The molecule has 10 heteroatoms. The lowest BCUT2D eigenvalue weighted by molar-refractivity contribution is -0.153. The fourth-order valence-corrected chi connectivity index (χ4v) is 3.40. The summed E-state index contributed by atoms with van der Waals surface area (Å²) in [7, 11) is 1.57. The molecule has 0 aliphatic rings. The topological polar surface area (TPSA) is 75.2 Å². The molecule has 144 valence electrons. The lowest BCUT2D eigenvalue weighted by Crippen LogP contribution is -2.19. The van der Waals surface area contributed by atoms with Gasteiger partial charge in [-0.3, -0.25) is 4.98 Å². The number of nitrogens with two attached hydrogens (primary N) is 1. The first kappa shape index (κ1) is 19.2. The number of aromatic nitrogens is 3. The smallest absolute Gasteiger partial charge is 0.422 e. The minimum atomic E-state index is -4.39. The molecular weight excluding hydrogens is 381 g/mol. The van der Waals surface area contributed by atoms with E-state index in [1.807, 2.05) is 0 Å². The van der Waals surface area contributed by atoms with Crippen molar-refractivity contribution in [2.45, 2.75) is 24.0 Å². The molecular formula is C17H17F3N4O2S. The standard InChI is InChI=1S/C17H17F3N4O2S/c1-10-13(22-6-5-15(10)26-9-17(18,19)20)8-27-16-23-12-7-11(25-2)3-4-14(12)24(16)21/h3-7H,8-9,21H2,1-2H3. The number of imidazole rings is 1. The minimum absolute atomic E-state index is 0.156.